The van der Waals surface area contributed by atoms with Gasteiger partial charge in [0.05, 0.1) is 22.1 Å². The predicted octanol–water partition coefficient (Wildman–Crippen LogP) is 13.0. The number of furan rings is 1. The summed E-state index contributed by atoms with van der Waals surface area (Å²) in [6, 6.07) is 64.0. The number of benzene rings is 8. The Morgan fingerprint density at radius 1 is 0.368 bits per heavy atom. The lowest BCUT2D eigenvalue weighted by molar-refractivity contribution is 0.671. The molecule has 0 saturated carbocycles. The van der Waals surface area contributed by atoms with Crippen LogP contribution in [0, 0.1) is 0 Å². The molecule has 0 bridgehead atoms. The first-order chi connectivity index (χ1) is 28.3. The molecule has 0 N–H and O–H groups in total. The molecule has 6 heteroatoms. The van der Waals surface area contributed by atoms with Crippen molar-refractivity contribution in [1.82, 2.24) is 24.1 Å². The second-order valence-electron chi connectivity index (χ2n) is 14.5. The fourth-order valence-electron chi connectivity index (χ4n) is 8.66. The average molecular weight is 730 g/mol. The van der Waals surface area contributed by atoms with Gasteiger partial charge in [-0.25, -0.2) is 15.0 Å². The predicted molar refractivity (Wildman–Crippen MR) is 232 cm³/mol. The zero-order valence-electron chi connectivity index (χ0n) is 30.5. The van der Waals surface area contributed by atoms with Gasteiger partial charge in [0, 0.05) is 54.8 Å². The second-order valence-corrected chi connectivity index (χ2v) is 14.5. The van der Waals surface area contributed by atoms with Crippen LogP contribution in [0.25, 0.3) is 111 Å². The van der Waals surface area contributed by atoms with E-state index in [0.717, 1.165) is 71.8 Å². The Morgan fingerprint density at radius 2 is 0.965 bits per heavy atom. The number of fused-ring (bicyclic) bond motifs is 10. The van der Waals surface area contributed by atoms with Gasteiger partial charge in [0.15, 0.2) is 17.2 Å². The van der Waals surface area contributed by atoms with Crippen LogP contribution in [0.15, 0.2) is 193 Å². The third-order valence-electron chi connectivity index (χ3n) is 11.3. The number of nitrogens with zero attached hydrogens (tertiary/aromatic N) is 5. The summed E-state index contributed by atoms with van der Waals surface area (Å²) in [7, 11) is 0. The summed E-state index contributed by atoms with van der Waals surface area (Å²) >= 11 is 0. The van der Waals surface area contributed by atoms with Crippen molar-refractivity contribution < 1.29 is 4.42 Å². The number of hydrogen-bond donors (Lipinski definition) is 0. The van der Waals surface area contributed by atoms with Crippen LogP contribution in [-0.4, -0.2) is 24.1 Å². The van der Waals surface area contributed by atoms with E-state index in [1.165, 1.54) is 27.4 Å². The Bertz CT molecular complexity index is 3450. The van der Waals surface area contributed by atoms with Crippen LogP contribution in [0.4, 0.5) is 0 Å². The minimum Gasteiger partial charge on any atom is -0.454 e. The van der Waals surface area contributed by atoms with Gasteiger partial charge in [0.1, 0.15) is 11.9 Å². The Hall–Kier alpha value is -7.83. The lowest BCUT2D eigenvalue weighted by atomic mass is 10.0. The summed E-state index contributed by atoms with van der Waals surface area (Å²) in [5, 5.41) is 6.81. The van der Waals surface area contributed by atoms with Crippen molar-refractivity contribution in [1.29, 1.82) is 0 Å². The largest absolute Gasteiger partial charge is 0.454 e. The van der Waals surface area contributed by atoms with E-state index in [2.05, 4.69) is 195 Å². The van der Waals surface area contributed by atoms with Gasteiger partial charge < -0.3 is 13.6 Å². The van der Waals surface area contributed by atoms with Gasteiger partial charge in [-0.2, -0.15) is 0 Å². The fraction of sp³-hybridized carbons (Fsp3) is 0. The van der Waals surface area contributed by atoms with Gasteiger partial charge in [0.2, 0.25) is 0 Å². The number of para-hydroxylation sites is 3. The molecule has 266 valence electrons. The Labute approximate surface area is 326 Å². The zero-order valence-corrected chi connectivity index (χ0v) is 30.5. The smallest absolute Gasteiger partial charge is 0.163 e. The zero-order chi connectivity index (χ0) is 37.5. The third kappa shape index (κ3) is 4.87. The van der Waals surface area contributed by atoms with E-state index >= 15 is 0 Å². The van der Waals surface area contributed by atoms with Crippen molar-refractivity contribution in [3.63, 3.8) is 0 Å². The van der Waals surface area contributed by atoms with Crippen LogP contribution < -0.4 is 0 Å². The van der Waals surface area contributed by atoms with E-state index in [9.17, 15) is 0 Å². The molecule has 6 nitrogen and oxygen atoms in total. The van der Waals surface area contributed by atoms with E-state index in [1.54, 1.807) is 6.33 Å². The lowest BCUT2D eigenvalue weighted by Gasteiger charge is -2.08. The highest BCUT2D eigenvalue weighted by molar-refractivity contribution is 6.22. The van der Waals surface area contributed by atoms with E-state index in [4.69, 9.17) is 9.40 Å². The molecule has 4 heterocycles. The minimum absolute atomic E-state index is 0.622. The standard InChI is InChI=1S/C51H31N5O/c1-3-11-32(12-4-1)33-19-21-34(22-20-33)50-52-31-53-51(54-50)35-23-27-46-42(29-35)40-25-26-41-43-30-37(55-44-17-9-7-15-38(44)39-16-8-10-18-45(39)55)24-28-47(43)57-49(41)48(40)56(46)36-13-5-2-6-14-36/h1-31H. The van der Waals surface area contributed by atoms with Gasteiger partial charge >= 0.3 is 0 Å². The highest BCUT2D eigenvalue weighted by Crippen LogP contribution is 2.42. The number of rotatable bonds is 5. The maximum atomic E-state index is 6.86. The topological polar surface area (TPSA) is 61.7 Å². The molecule has 57 heavy (non-hydrogen) atoms. The van der Waals surface area contributed by atoms with Crippen molar-refractivity contribution in [3.05, 3.63) is 188 Å². The van der Waals surface area contributed by atoms with Crippen LogP contribution in [0.3, 0.4) is 0 Å². The Morgan fingerprint density at radius 3 is 1.72 bits per heavy atom. The molecule has 12 aromatic rings. The molecule has 0 atom stereocenters. The molecule has 0 aliphatic heterocycles. The quantitative estimate of drug-likeness (QED) is 0.177. The first kappa shape index (κ1) is 31.5. The van der Waals surface area contributed by atoms with Gasteiger partial charge in [-0.3, -0.25) is 0 Å². The third-order valence-corrected chi connectivity index (χ3v) is 11.3. The molecule has 0 unspecified atom stereocenters. The molecule has 0 aliphatic carbocycles. The highest BCUT2D eigenvalue weighted by atomic mass is 16.3. The molecule has 0 fully saturated rings. The molecule has 0 aliphatic rings. The van der Waals surface area contributed by atoms with Crippen LogP contribution in [0.5, 0.6) is 0 Å². The van der Waals surface area contributed by atoms with Crippen LogP contribution in [-0.2, 0) is 0 Å². The van der Waals surface area contributed by atoms with E-state index < -0.39 is 0 Å². The Balaban J connectivity index is 1.02. The van der Waals surface area contributed by atoms with E-state index in [0.29, 0.717) is 11.6 Å². The molecule has 0 radical (unpaired) electrons. The maximum absolute atomic E-state index is 6.86. The molecular weight excluding hydrogens is 699 g/mol. The highest BCUT2D eigenvalue weighted by Gasteiger charge is 2.21. The summed E-state index contributed by atoms with van der Waals surface area (Å²) in [6.07, 6.45) is 1.60. The maximum Gasteiger partial charge on any atom is 0.163 e. The summed E-state index contributed by atoms with van der Waals surface area (Å²) in [5.41, 5.74) is 12.5. The molecule has 8 aromatic carbocycles. The molecule has 0 spiro atoms. The SMILES string of the molecule is c1ccc(-c2ccc(-c3ncnc(-c4ccc5c(c4)c4ccc6c7cc(-n8c9ccccc9c9ccccc98)ccc7oc6c4n5-c4ccccc4)n3)cc2)cc1. The first-order valence-electron chi connectivity index (χ1n) is 19.1. The van der Waals surface area contributed by atoms with Crippen molar-refractivity contribution in [2.24, 2.45) is 0 Å². The summed E-state index contributed by atoms with van der Waals surface area (Å²) < 4.78 is 11.5. The minimum atomic E-state index is 0.622. The number of hydrogen-bond acceptors (Lipinski definition) is 4. The van der Waals surface area contributed by atoms with Gasteiger partial charge in [-0.05, 0) is 77.9 Å². The molecule has 0 amide bonds. The molecule has 4 aromatic heterocycles. The van der Waals surface area contributed by atoms with Crippen molar-refractivity contribution >= 4 is 65.6 Å². The molecule has 12 rings (SSSR count). The van der Waals surface area contributed by atoms with Gasteiger partial charge in [-0.1, -0.05) is 115 Å². The molecule has 0 saturated heterocycles. The van der Waals surface area contributed by atoms with E-state index in [1.807, 2.05) is 6.07 Å². The first-order valence-corrected chi connectivity index (χ1v) is 19.1. The monoisotopic (exact) mass is 729 g/mol. The summed E-state index contributed by atoms with van der Waals surface area (Å²) in [5.74, 6) is 1.26. The average Bonchev–Trinajstić information content (AvgIpc) is 3.94. The summed E-state index contributed by atoms with van der Waals surface area (Å²) in [6.45, 7) is 0. The van der Waals surface area contributed by atoms with Gasteiger partial charge in [-0.15, -0.1) is 0 Å². The van der Waals surface area contributed by atoms with E-state index in [-0.39, 0.29) is 0 Å². The number of aromatic nitrogens is 5. The van der Waals surface area contributed by atoms with Gasteiger partial charge in [0.25, 0.3) is 0 Å². The normalized spacial score (nSPS) is 11.9. The lowest BCUT2D eigenvalue weighted by Crippen LogP contribution is -1.96. The van der Waals surface area contributed by atoms with Crippen LogP contribution in [0.2, 0.25) is 0 Å². The summed E-state index contributed by atoms with van der Waals surface area (Å²) in [4.78, 5) is 14.2. The van der Waals surface area contributed by atoms with Crippen LogP contribution >= 0.6 is 0 Å². The fourth-order valence-corrected chi connectivity index (χ4v) is 8.66. The Kier molecular flexibility index (Phi) is 6.83. The van der Waals surface area contributed by atoms with Crippen LogP contribution in [0.1, 0.15) is 0 Å². The van der Waals surface area contributed by atoms with Crippen molar-refractivity contribution in [2.45, 2.75) is 0 Å². The second kappa shape index (κ2) is 12.3. The van der Waals surface area contributed by atoms with Crippen molar-refractivity contribution in [2.75, 3.05) is 0 Å². The molecular formula is C51H31N5O. The van der Waals surface area contributed by atoms with Crippen molar-refractivity contribution in [3.8, 4) is 45.3 Å².